The van der Waals surface area contributed by atoms with Crippen LogP contribution in [0.4, 0.5) is 10.2 Å². The Labute approximate surface area is 87.3 Å². The van der Waals surface area contributed by atoms with E-state index in [-0.39, 0.29) is 5.82 Å². The highest BCUT2D eigenvalue weighted by atomic mass is 19.1. The predicted molar refractivity (Wildman–Crippen MR) is 57.4 cm³/mol. The van der Waals surface area contributed by atoms with Gasteiger partial charge >= 0.3 is 0 Å². The van der Waals surface area contributed by atoms with Crippen LogP contribution in [0.1, 0.15) is 11.1 Å². The number of halogens is 1. The molecule has 1 aromatic heterocycles. The van der Waals surface area contributed by atoms with Gasteiger partial charge in [0.1, 0.15) is 11.6 Å². The molecule has 2 N–H and O–H groups in total. The van der Waals surface area contributed by atoms with E-state index in [4.69, 9.17) is 5.73 Å². The van der Waals surface area contributed by atoms with E-state index in [1.54, 1.807) is 23.9 Å². The quantitative estimate of drug-likeness (QED) is 0.775. The van der Waals surface area contributed by atoms with Gasteiger partial charge in [0.15, 0.2) is 0 Å². The van der Waals surface area contributed by atoms with Crippen molar-refractivity contribution in [1.82, 2.24) is 9.78 Å². The van der Waals surface area contributed by atoms with Crippen molar-refractivity contribution >= 4 is 5.82 Å². The molecule has 1 aromatic carbocycles. The summed E-state index contributed by atoms with van der Waals surface area (Å²) in [6.45, 7) is 3.59. The standard InChI is InChI=1S/C11H12FN3/c1-7-3-4-9(5-10(7)12)15-6-8(2)11(13)14-15/h3-6H,1-2H3,(H2,13,14). The van der Waals surface area contributed by atoms with Gasteiger partial charge < -0.3 is 5.73 Å². The van der Waals surface area contributed by atoms with Crippen molar-refractivity contribution in [1.29, 1.82) is 0 Å². The second-order valence-electron chi connectivity index (χ2n) is 3.58. The molecule has 2 aromatic rings. The first-order valence-corrected chi connectivity index (χ1v) is 4.66. The zero-order chi connectivity index (χ0) is 11.0. The number of rotatable bonds is 1. The largest absolute Gasteiger partial charge is 0.382 e. The van der Waals surface area contributed by atoms with E-state index in [9.17, 15) is 4.39 Å². The lowest BCUT2D eigenvalue weighted by atomic mass is 10.2. The van der Waals surface area contributed by atoms with Crippen LogP contribution in [0, 0.1) is 19.7 Å². The molecule has 0 atom stereocenters. The first kappa shape index (κ1) is 9.71. The normalized spacial score (nSPS) is 10.6. The summed E-state index contributed by atoms with van der Waals surface area (Å²) in [4.78, 5) is 0. The van der Waals surface area contributed by atoms with Gasteiger partial charge in [0.05, 0.1) is 5.69 Å². The molecule has 15 heavy (non-hydrogen) atoms. The highest BCUT2D eigenvalue weighted by Crippen LogP contribution is 2.15. The maximum absolute atomic E-state index is 13.3. The molecule has 0 amide bonds. The Morgan fingerprint density at radius 1 is 1.27 bits per heavy atom. The van der Waals surface area contributed by atoms with Gasteiger partial charge in [-0.15, -0.1) is 0 Å². The first-order valence-electron chi connectivity index (χ1n) is 4.66. The highest BCUT2D eigenvalue weighted by molar-refractivity contribution is 5.41. The topological polar surface area (TPSA) is 43.8 Å². The number of aromatic nitrogens is 2. The van der Waals surface area contributed by atoms with Gasteiger partial charge in [0.2, 0.25) is 0 Å². The monoisotopic (exact) mass is 205 g/mol. The van der Waals surface area contributed by atoms with Crippen LogP contribution in [0.3, 0.4) is 0 Å². The number of hydrogen-bond donors (Lipinski definition) is 1. The molecule has 0 spiro atoms. The van der Waals surface area contributed by atoms with Gasteiger partial charge in [-0.25, -0.2) is 9.07 Å². The summed E-state index contributed by atoms with van der Waals surface area (Å²) in [5.74, 6) is 0.232. The van der Waals surface area contributed by atoms with Gasteiger partial charge in [0.25, 0.3) is 0 Å². The summed E-state index contributed by atoms with van der Waals surface area (Å²) in [5.41, 5.74) is 7.80. The van der Waals surface area contributed by atoms with E-state index in [1.165, 1.54) is 6.07 Å². The van der Waals surface area contributed by atoms with Crippen molar-refractivity contribution in [3.05, 3.63) is 41.3 Å². The molecule has 0 radical (unpaired) electrons. The molecule has 3 nitrogen and oxygen atoms in total. The minimum absolute atomic E-state index is 0.237. The van der Waals surface area contributed by atoms with E-state index < -0.39 is 0 Å². The molecule has 0 saturated heterocycles. The fourth-order valence-corrected chi connectivity index (χ4v) is 1.33. The minimum atomic E-state index is -0.237. The Hall–Kier alpha value is -1.84. The van der Waals surface area contributed by atoms with Crippen molar-refractivity contribution in [2.24, 2.45) is 0 Å². The van der Waals surface area contributed by atoms with Crippen LogP contribution < -0.4 is 5.73 Å². The molecule has 0 unspecified atom stereocenters. The molecular formula is C11H12FN3. The third kappa shape index (κ3) is 1.70. The fourth-order valence-electron chi connectivity index (χ4n) is 1.33. The Balaban J connectivity index is 2.49. The van der Waals surface area contributed by atoms with E-state index in [2.05, 4.69) is 5.10 Å². The maximum Gasteiger partial charge on any atom is 0.148 e. The lowest BCUT2D eigenvalue weighted by Crippen LogP contribution is -1.97. The predicted octanol–water partition coefficient (Wildman–Crippen LogP) is 2.21. The van der Waals surface area contributed by atoms with Crippen LogP contribution in [0.25, 0.3) is 5.69 Å². The lowest BCUT2D eigenvalue weighted by molar-refractivity contribution is 0.616. The summed E-state index contributed by atoms with van der Waals surface area (Å²) >= 11 is 0. The summed E-state index contributed by atoms with van der Waals surface area (Å²) in [6.07, 6.45) is 1.78. The van der Waals surface area contributed by atoms with E-state index in [0.717, 1.165) is 5.56 Å². The molecule has 0 bridgehead atoms. The van der Waals surface area contributed by atoms with Crippen LogP contribution in [0.2, 0.25) is 0 Å². The third-order valence-corrected chi connectivity index (χ3v) is 2.36. The molecule has 78 valence electrons. The van der Waals surface area contributed by atoms with Crippen molar-refractivity contribution in [2.75, 3.05) is 5.73 Å². The molecule has 0 aliphatic carbocycles. The molecule has 1 heterocycles. The van der Waals surface area contributed by atoms with E-state index in [0.29, 0.717) is 17.1 Å². The third-order valence-electron chi connectivity index (χ3n) is 2.36. The Bertz CT molecular complexity index is 483. The van der Waals surface area contributed by atoms with E-state index in [1.807, 2.05) is 13.0 Å². The Morgan fingerprint density at radius 2 is 2.00 bits per heavy atom. The average Bonchev–Trinajstić information content (AvgIpc) is 2.52. The van der Waals surface area contributed by atoms with Crippen LogP contribution in [0.5, 0.6) is 0 Å². The summed E-state index contributed by atoms with van der Waals surface area (Å²) in [7, 11) is 0. The first-order chi connectivity index (χ1) is 7.08. The summed E-state index contributed by atoms with van der Waals surface area (Å²) < 4.78 is 14.9. The second-order valence-corrected chi connectivity index (χ2v) is 3.58. The van der Waals surface area contributed by atoms with Gasteiger partial charge in [0, 0.05) is 11.8 Å². The van der Waals surface area contributed by atoms with Gasteiger partial charge in [-0.1, -0.05) is 6.07 Å². The highest BCUT2D eigenvalue weighted by Gasteiger charge is 2.05. The van der Waals surface area contributed by atoms with Crippen LogP contribution >= 0.6 is 0 Å². The zero-order valence-corrected chi connectivity index (χ0v) is 8.66. The second kappa shape index (κ2) is 3.38. The molecule has 4 heteroatoms. The number of benzene rings is 1. The number of hydrogen-bond acceptors (Lipinski definition) is 2. The Kier molecular flexibility index (Phi) is 2.19. The average molecular weight is 205 g/mol. The number of nitrogens with two attached hydrogens (primary N) is 1. The fraction of sp³-hybridized carbons (Fsp3) is 0.182. The van der Waals surface area contributed by atoms with Gasteiger partial charge in [-0.3, -0.25) is 0 Å². The minimum Gasteiger partial charge on any atom is -0.382 e. The SMILES string of the molecule is Cc1ccc(-n2cc(C)c(N)n2)cc1F. The molecular weight excluding hydrogens is 193 g/mol. The summed E-state index contributed by atoms with van der Waals surface area (Å²) in [6, 6.07) is 4.98. The molecule has 0 aliphatic heterocycles. The number of aryl methyl sites for hydroxylation is 2. The molecule has 2 rings (SSSR count). The number of nitrogen functional groups attached to an aromatic ring is 1. The van der Waals surface area contributed by atoms with Crippen molar-refractivity contribution in [3.8, 4) is 5.69 Å². The van der Waals surface area contributed by atoms with Gasteiger partial charge in [-0.05, 0) is 31.5 Å². The molecule has 0 fully saturated rings. The smallest absolute Gasteiger partial charge is 0.148 e. The van der Waals surface area contributed by atoms with Crippen molar-refractivity contribution in [3.63, 3.8) is 0 Å². The summed E-state index contributed by atoms with van der Waals surface area (Å²) in [5, 5.41) is 4.08. The van der Waals surface area contributed by atoms with E-state index >= 15 is 0 Å². The Morgan fingerprint density at radius 3 is 2.53 bits per heavy atom. The maximum atomic E-state index is 13.3. The van der Waals surface area contributed by atoms with Crippen molar-refractivity contribution in [2.45, 2.75) is 13.8 Å². The van der Waals surface area contributed by atoms with Crippen LogP contribution in [-0.4, -0.2) is 9.78 Å². The number of anilines is 1. The number of nitrogens with zero attached hydrogens (tertiary/aromatic N) is 2. The molecule has 0 aliphatic rings. The molecule has 0 saturated carbocycles. The zero-order valence-electron chi connectivity index (χ0n) is 8.66. The van der Waals surface area contributed by atoms with Gasteiger partial charge in [-0.2, -0.15) is 5.10 Å². The van der Waals surface area contributed by atoms with Crippen molar-refractivity contribution < 1.29 is 4.39 Å². The lowest BCUT2D eigenvalue weighted by Gasteiger charge is -2.02. The van der Waals surface area contributed by atoms with Crippen LogP contribution in [0.15, 0.2) is 24.4 Å². The van der Waals surface area contributed by atoms with Crippen LogP contribution in [-0.2, 0) is 0 Å².